The van der Waals surface area contributed by atoms with Crippen molar-refractivity contribution in [3.63, 3.8) is 0 Å². The number of aromatic nitrogens is 2. The van der Waals surface area contributed by atoms with Crippen LogP contribution >= 0.6 is 0 Å². The number of nitrogen functional groups attached to an aromatic ring is 1. The minimum atomic E-state index is 0.734. The van der Waals surface area contributed by atoms with Crippen molar-refractivity contribution >= 4 is 5.69 Å². The van der Waals surface area contributed by atoms with Crippen molar-refractivity contribution < 1.29 is 4.74 Å². The van der Waals surface area contributed by atoms with Gasteiger partial charge < -0.3 is 10.5 Å². The molecule has 0 aliphatic rings. The quantitative estimate of drug-likeness (QED) is 0.714. The largest absolute Gasteiger partial charge is 0.497 e. The monoisotopic (exact) mass is 265 g/mol. The van der Waals surface area contributed by atoms with Gasteiger partial charge >= 0.3 is 0 Å². The third-order valence-corrected chi connectivity index (χ3v) is 3.22. The third-order valence-electron chi connectivity index (χ3n) is 3.22. The van der Waals surface area contributed by atoms with E-state index in [4.69, 9.17) is 10.5 Å². The number of benzene rings is 2. The summed E-state index contributed by atoms with van der Waals surface area (Å²) in [6, 6.07) is 15.6. The molecule has 3 N–H and O–H groups in total. The molecule has 0 spiro atoms. The van der Waals surface area contributed by atoms with E-state index in [1.54, 1.807) is 7.11 Å². The average molecular weight is 265 g/mol. The zero-order valence-electron chi connectivity index (χ0n) is 11.1. The van der Waals surface area contributed by atoms with Crippen LogP contribution in [0.5, 0.6) is 5.75 Å². The first-order valence-corrected chi connectivity index (χ1v) is 6.31. The van der Waals surface area contributed by atoms with Gasteiger partial charge in [0.15, 0.2) is 0 Å². The summed E-state index contributed by atoms with van der Waals surface area (Å²) >= 11 is 0. The Hall–Kier alpha value is -2.75. The van der Waals surface area contributed by atoms with Crippen molar-refractivity contribution in [2.45, 2.75) is 0 Å². The molecule has 20 heavy (non-hydrogen) atoms. The van der Waals surface area contributed by atoms with Gasteiger partial charge in [0.2, 0.25) is 0 Å². The zero-order valence-corrected chi connectivity index (χ0v) is 11.1. The average Bonchev–Trinajstić information content (AvgIpc) is 2.97. The molecule has 100 valence electrons. The summed E-state index contributed by atoms with van der Waals surface area (Å²) in [6.45, 7) is 0. The Labute approximate surface area is 117 Å². The van der Waals surface area contributed by atoms with Crippen LogP contribution in [-0.2, 0) is 0 Å². The Bertz CT molecular complexity index is 717. The maximum Gasteiger partial charge on any atom is 0.118 e. The van der Waals surface area contributed by atoms with E-state index in [1.807, 2.05) is 54.7 Å². The molecule has 0 saturated carbocycles. The lowest BCUT2D eigenvalue weighted by atomic mass is 10.0. The Morgan fingerprint density at radius 3 is 2.55 bits per heavy atom. The highest BCUT2D eigenvalue weighted by Gasteiger charge is 2.10. The number of hydrogen-bond acceptors (Lipinski definition) is 3. The van der Waals surface area contributed by atoms with Crippen LogP contribution in [0.1, 0.15) is 0 Å². The highest BCUT2D eigenvalue weighted by molar-refractivity contribution is 5.81. The predicted molar refractivity (Wildman–Crippen MR) is 80.4 cm³/mol. The van der Waals surface area contributed by atoms with Gasteiger partial charge in [-0.15, -0.1) is 0 Å². The molecule has 3 aromatic rings. The second-order valence-corrected chi connectivity index (χ2v) is 4.51. The summed E-state index contributed by atoms with van der Waals surface area (Å²) in [5.74, 6) is 0.836. The Morgan fingerprint density at radius 1 is 1.05 bits per heavy atom. The van der Waals surface area contributed by atoms with Gasteiger partial charge in [0, 0.05) is 16.8 Å². The first kappa shape index (κ1) is 12.3. The lowest BCUT2D eigenvalue weighted by Gasteiger charge is -2.06. The van der Waals surface area contributed by atoms with Gasteiger partial charge in [-0.3, -0.25) is 5.10 Å². The molecule has 0 saturated heterocycles. The molecule has 0 radical (unpaired) electrons. The minimum absolute atomic E-state index is 0.734. The standard InChI is InChI=1S/C16H15N3O/c1-20-14-7-5-11(6-8-14)15-10-18-19-16(15)12-3-2-4-13(17)9-12/h2-10H,17H2,1H3,(H,18,19). The van der Waals surface area contributed by atoms with Crippen molar-refractivity contribution in [3.8, 4) is 28.1 Å². The highest BCUT2D eigenvalue weighted by Crippen LogP contribution is 2.31. The fourth-order valence-corrected chi connectivity index (χ4v) is 2.19. The number of H-pyrrole nitrogens is 1. The van der Waals surface area contributed by atoms with Gasteiger partial charge in [0.1, 0.15) is 5.75 Å². The number of aromatic amines is 1. The number of hydrogen-bond donors (Lipinski definition) is 2. The van der Waals surface area contributed by atoms with Gasteiger partial charge in [-0.25, -0.2) is 0 Å². The van der Waals surface area contributed by atoms with Gasteiger partial charge in [0.25, 0.3) is 0 Å². The van der Waals surface area contributed by atoms with Gasteiger partial charge in [-0.05, 0) is 29.8 Å². The molecule has 2 aromatic carbocycles. The molecule has 0 aliphatic heterocycles. The van der Waals surface area contributed by atoms with Crippen LogP contribution < -0.4 is 10.5 Å². The van der Waals surface area contributed by atoms with E-state index in [1.165, 1.54) is 0 Å². The molecule has 4 nitrogen and oxygen atoms in total. The van der Waals surface area contributed by atoms with Gasteiger partial charge in [0.05, 0.1) is 19.0 Å². The number of ether oxygens (including phenoxy) is 1. The van der Waals surface area contributed by atoms with Crippen LogP contribution in [0.2, 0.25) is 0 Å². The molecule has 0 aliphatic carbocycles. The van der Waals surface area contributed by atoms with E-state index in [0.29, 0.717) is 0 Å². The number of anilines is 1. The van der Waals surface area contributed by atoms with Crippen LogP contribution in [0.3, 0.4) is 0 Å². The van der Waals surface area contributed by atoms with Gasteiger partial charge in [-0.2, -0.15) is 5.10 Å². The fourth-order valence-electron chi connectivity index (χ4n) is 2.19. The minimum Gasteiger partial charge on any atom is -0.497 e. The van der Waals surface area contributed by atoms with Crippen LogP contribution in [0, 0.1) is 0 Å². The predicted octanol–water partition coefficient (Wildman–Crippen LogP) is 3.33. The third kappa shape index (κ3) is 2.23. The number of nitrogens with two attached hydrogens (primary N) is 1. The van der Waals surface area contributed by atoms with Crippen molar-refractivity contribution in [1.29, 1.82) is 0 Å². The molecule has 1 aromatic heterocycles. The summed E-state index contributed by atoms with van der Waals surface area (Å²) in [6.07, 6.45) is 1.82. The maximum atomic E-state index is 5.84. The smallest absolute Gasteiger partial charge is 0.118 e. The van der Waals surface area contributed by atoms with Crippen molar-refractivity contribution in [3.05, 3.63) is 54.7 Å². The molecule has 4 heteroatoms. The van der Waals surface area contributed by atoms with E-state index < -0.39 is 0 Å². The summed E-state index contributed by atoms with van der Waals surface area (Å²) in [5.41, 5.74) is 10.7. The fraction of sp³-hybridized carbons (Fsp3) is 0.0625. The lowest BCUT2D eigenvalue weighted by molar-refractivity contribution is 0.415. The van der Waals surface area contributed by atoms with Crippen LogP contribution in [0.25, 0.3) is 22.4 Å². The molecule has 0 unspecified atom stereocenters. The Kier molecular flexibility index (Phi) is 3.13. The van der Waals surface area contributed by atoms with Crippen LogP contribution in [0.4, 0.5) is 5.69 Å². The molecular weight excluding hydrogens is 250 g/mol. The molecule has 0 bridgehead atoms. The lowest BCUT2D eigenvalue weighted by Crippen LogP contribution is -1.87. The SMILES string of the molecule is COc1ccc(-c2cn[nH]c2-c2cccc(N)c2)cc1. The molecule has 0 amide bonds. The van der Waals surface area contributed by atoms with Crippen molar-refractivity contribution in [2.75, 3.05) is 12.8 Å². The summed E-state index contributed by atoms with van der Waals surface area (Å²) < 4.78 is 5.18. The summed E-state index contributed by atoms with van der Waals surface area (Å²) in [7, 11) is 1.66. The second kappa shape index (κ2) is 5.09. The molecule has 3 rings (SSSR count). The molecule has 1 heterocycles. The number of nitrogens with one attached hydrogen (secondary N) is 1. The van der Waals surface area contributed by atoms with E-state index >= 15 is 0 Å². The second-order valence-electron chi connectivity index (χ2n) is 4.51. The zero-order chi connectivity index (χ0) is 13.9. The molecule has 0 fully saturated rings. The molecular formula is C16H15N3O. The summed E-state index contributed by atoms with van der Waals surface area (Å²) in [5, 5.41) is 7.19. The van der Waals surface area contributed by atoms with E-state index in [0.717, 1.165) is 33.8 Å². The summed E-state index contributed by atoms with van der Waals surface area (Å²) in [4.78, 5) is 0. The maximum absolute atomic E-state index is 5.84. The number of methoxy groups -OCH3 is 1. The van der Waals surface area contributed by atoms with Crippen LogP contribution in [-0.4, -0.2) is 17.3 Å². The van der Waals surface area contributed by atoms with E-state index in [-0.39, 0.29) is 0 Å². The van der Waals surface area contributed by atoms with Crippen molar-refractivity contribution in [2.24, 2.45) is 0 Å². The van der Waals surface area contributed by atoms with Gasteiger partial charge in [-0.1, -0.05) is 24.3 Å². The van der Waals surface area contributed by atoms with E-state index in [2.05, 4.69) is 10.2 Å². The Balaban J connectivity index is 2.05. The van der Waals surface area contributed by atoms with E-state index in [9.17, 15) is 0 Å². The topological polar surface area (TPSA) is 63.9 Å². The van der Waals surface area contributed by atoms with Crippen LogP contribution in [0.15, 0.2) is 54.7 Å². The highest BCUT2D eigenvalue weighted by atomic mass is 16.5. The molecule has 0 atom stereocenters. The van der Waals surface area contributed by atoms with Crippen molar-refractivity contribution in [1.82, 2.24) is 10.2 Å². The first-order chi connectivity index (χ1) is 9.78. The first-order valence-electron chi connectivity index (χ1n) is 6.31. The normalized spacial score (nSPS) is 10.4. The Morgan fingerprint density at radius 2 is 1.85 bits per heavy atom. The number of nitrogens with zero attached hydrogens (tertiary/aromatic N) is 1. The number of rotatable bonds is 3.